The number of hydrogen-bond acceptors (Lipinski definition) is 6. The first-order valence-electron chi connectivity index (χ1n) is 6.92. The van der Waals surface area contributed by atoms with E-state index >= 15 is 0 Å². The molecule has 0 atom stereocenters. The average Bonchev–Trinajstić information content (AvgIpc) is 3.03. The molecule has 0 spiro atoms. The Labute approximate surface area is 140 Å². The van der Waals surface area contributed by atoms with Gasteiger partial charge >= 0.3 is 5.63 Å². The molecular weight excluding hydrogens is 348 g/mol. The van der Waals surface area contributed by atoms with Crippen LogP contribution >= 0.6 is 11.3 Å². The highest BCUT2D eigenvalue weighted by atomic mass is 32.2. The maximum atomic E-state index is 12.7. The fraction of sp³-hybridized carbons (Fsp3) is 0. The monoisotopic (exact) mass is 358 g/mol. The molecule has 1 N–H and O–H groups in total. The molecule has 4 aromatic rings. The summed E-state index contributed by atoms with van der Waals surface area (Å²) in [6, 6.07) is 12.6. The van der Waals surface area contributed by atoms with Crippen molar-refractivity contribution < 1.29 is 12.8 Å². The SMILES string of the molecule is O=c1ccc2cc(NS(=O)(=O)c3cccc4scnc34)ccc2o1. The van der Waals surface area contributed by atoms with Crippen LogP contribution in [0.4, 0.5) is 5.69 Å². The summed E-state index contributed by atoms with van der Waals surface area (Å²) in [5, 5.41) is 0.627. The third-order valence-electron chi connectivity index (χ3n) is 3.48. The van der Waals surface area contributed by atoms with Gasteiger partial charge in [-0.3, -0.25) is 4.72 Å². The van der Waals surface area contributed by atoms with Gasteiger partial charge in [-0.05, 0) is 36.4 Å². The highest BCUT2D eigenvalue weighted by Crippen LogP contribution is 2.27. The predicted octanol–water partition coefficient (Wildman–Crippen LogP) is 3.20. The second-order valence-corrected chi connectivity index (χ2v) is 7.60. The van der Waals surface area contributed by atoms with E-state index in [1.54, 1.807) is 35.8 Å². The standard InChI is InChI=1S/C16H10N2O4S2/c19-15-7-4-10-8-11(5-6-12(10)22-15)18-24(20,21)14-3-1-2-13-16(14)17-9-23-13/h1-9,18H. The van der Waals surface area contributed by atoms with Gasteiger partial charge in [0.1, 0.15) is 16.0 Å². The fourth-order valence-electron chi connectivity index (χ4n) is 2.42. The van der Waals surface area contributed by atoms with Crippen LogP contribution in [0.15, 0.2) is 68.1 Å². The molecule has 8 heteroatoms. The maximum Gasteiger partial charge on any atom is 0.336 e. The Morgan fingerprint density at radius 1 is 1.08 bits per heavy atom. The zero-order valence-electron chi connectivity index (χ0n) is 12.1. The smallest absolute Gasteiger partial charge is 0.336 e. The lowest BCUT2D eigenvalue weighted by molar-refractivity contribution is 0.561. The zero-order valence-corrected chi connectivity index (χ0v) is 13.7. The molecule has 2 aromatic heterocycles. The second-order valence-electron chi connectivity index (χ2n) is 5.07. The number of benzene rings is 2. The summed E-state index contributed by atoms with van der Waals surface area (Å²) in [6.07, 6.45) is 0. The third-order valence-corrected chi connectivity index (χ3v) is 5.69. The van der Waals surface area contributed by atoms with Gasteiger partial charge in [-0.15, -0.1) is 11.3 Å². The molecule has 0 radical (unpaired) electrons. The summed E-state index contributed by atoms with van der Waals surface area (Å²) in [7, 11) is -3.78. The number of rotatable bonds is 3. The molecule has 4 rings (SSSR count). The minimum absolute atomic E-state index is 0.126. The minimum Gasteiger partial charge on any atom is -0.423 e. The van der Waals surface area contributed by atoms with Crippen LogP contribution < -0.4 is 10.3 Å². The Morgan fingerprint density at radius 2 is 1.96 bits per heavy atom. The van der Waals surface area contributed by atoms with E-state index in [9.17, 15) is 13.2 Å². The molecule has 24 heavy (non-hydrogen) atoms. The van der Waals surface area contributed by atoms with Crippen molar-refractivity contribution in [3.63, 3.8) is 0 Å². The number of sulfonamides is 1. The van der Waals surface area contributed by atoms with Crippen LogP contribution in [0.3, 0.4) is 0 Å². The molecule has 6 nitrogen and oxygen atoms in total. The second kappa shape index (κ2) is 5.43. The van der Waals surface area contributed by atoms with Gasteiger partial charge in [-0.25, -0.2) is 18.2 Å². The van der Waals surface area contributed by atoms with E-state index in [-0.39, 0.29) is 4.90 Å². The first-order chi connectivity index (χ1) is 11.5. The van der Waals surface area contributed by atoms with Gasteiger partial charge in [0.25, 0.3) is 10.0 Å². The summed E-state index contributed by atoms with van der Waals surface area (Å²) in [6.45, 7) is 0. The van der Waals surface area contributed by atoms with Crippen LogP contribution in [-0.4, -0.2) is 13.4 Å². The van der Waals surface area contributed by atoms with Crippen LogP contribution in [0.1, 0.15) is 0 Å². The van der Waals surface area contributed by atoms with Gasteiger partial charge in [0, 0.05) is 17.1 Å². The number of anilines is 1. The Balaban J connectivity index is 1.77. The molecule has 0 saturated carbocycles. The van der Waals surface area contributed by atoms with E-state index in [1.165, 1.54) is 23.5 Å². The van der Waals surface area contributed by atoms with Crippen LogP contribution in [0.25, 0.3) is 21.2 Å². The Hall–Kier alpha value is -2.71. The normalized spacial score (nSPS) is 11.8. The van der Waals surface area contributed by atoms with E-state index in [0.717, 1.165) is 4.70 Å². The summed E-state index contributed by atoms with van der Waals surface area (Å²) in [5.41, 5.74) is 2.38. The Bertz CT molecular complexity index is 1230. The number of nitrogens with one attached hydrogen (secondary N) is 1. The Morgan fingerprint density at radius 3 is 2.83 bits per heavy atom. The first-order valence-corrected chi connectivity index (χ1v) is 9.28. The molecule has 0 fully saturated rings. The highest BCUT2D eigenvalue weighted by molar-refractivity contribution is 7.93. The summed E-state index contributed by atoms with van der Waals surface area (Å²) < 4.78 is 33.7. The molecule has 2 heterocycles. The van der Waals surface area contributed by atoms with E-state index in [1.807, 2.05) is 6.07 Å². The summed E-state index contributed by atoms with van der Waals surface area (Å²) >= 11 is 1.38. The number of hydrogen-bond donors (Lipinski definition) is 1. The van der Waals surface area contributed by atoms with Crippen LogP contribution in [-0.2, 0) is 10.0 Å². The lowest BCUT2D eigenvalue weighted by Gasteiger charge is -2.09. The van der Waals surface area contributed by atoms with Crippen molar-refractivity contribution in [3.05, 3.63) is 64.5 Å². The number of thiazole rings is 1. The third kappa shape index (κ3) is 2.55. The predicted molar refractivity (Wildman–Crippen MR) is 92.9 cm³/mol. The zero-order chi connectivity index (χ0) is 16.7. The molecule has 2 aromatic carbocycles. The van der Waals surface area contributed by atoms with Crippen LogP contribution in [0, 0.1) is 0 Å². The van der Waals surface area contributed by atoms with Gasteiger partial charge in [-0.2, -0.15) is 0 Å². The number of nitrogens with zero attached hydrogens (tertiary/aromatic N) is 1. The molecule has 0 aliphatic rings. The molecule has 120 valence electrons. The molecule has 0 amide bonds. The fourth-order valence-corrected chi connectivity index (χ4v) is 4.41. The quantitative estimate of drug-likeness (QED) is 0.568. The van der Waals surface area contributed by atoms with Gasteiger partial charge in [0.15, 0.2) is 0 Å². The molecule has 0 saturated heterocycles. The summed E-state index contributed by atoms with van der Waals surface area (Å²) in [4.78, 5) is 15.5. The van der Waals surface area contributed by atoms with E-state index < -0.39 is 15.6 Å². The molecule has 0 bridgehead atoms. The molecule has 0 aliphatic carbocycles. The highest BCUT2D eigenvalue weighted by Gasteiger charge is 2.19. The Kier molecular flexibility index (Phi) is 3.36. The largest absolute Gasteiger partial charge is 0.423 e. The lowest BCUT2D eigenvalue weighted by atomic mass is 10.2. The van der Waals surface area contributed by atoms with Crippen molar-refractivity contribution in [1.29, 1.82) is 0 Å². The van der Waals surface area contributed by atoms with Crippen molar-refractivity contribution in [1.82, 2.24) is 4.98 Å². The van der Waals surface area contributed by atoms with E-state index in [4.69, 9.17) is 4.42 Å². The van der Waals surface area contributed by atoms with Gasteiger partial charge in [0.05, 0.1) is 10.2 Å². The summed E-state index contributed by atoms with van der Waals surface area (Å²) in [5.74, 6) is 0. The van der Waals surface area contributed by atoms with Crippen molar-refractivity contribution >= 4 is 48.2 Å². The lowest BCUT2D eigenvalue weighted by Crippen LogP contribution is -2.13. The maximum absolute atomic E-state index is 12.7. The van der Waals surface area contributed by atoms with Crippen molar-refractivity contribution in [2.75, 3.05) is 4.72 Å². The van der Waals surface area contributed by atoms with Gasteiger partial charge < -0.3 is 4.42 Å². The average molecular weight is 358 g/mol. The molecule has 0 aliphatic heterocycles. The minimum atomic E-state index is -3.78. The number of aromatic nitrogens is 1. The van der Waals surface area contributed by atoms with E-state index in [2.05, 4.69) is 9.71 Å². The van der Waals surface area contributed by atoms with Gasteiger partial charge in [0.2, 0.25) is 0 Å². The molecule has 0 unspecified atom stereocenters. The first kappa shape index (κ1) is 14.9. The van der Waals surface area contributed by atoms with Gasteiger partial charge in [-0.1, -0.05) is 6.07 Å². The molecular formula is C16H10N2O4S2. The van der Waals surface area contributed by atoms with Crippen molar-refractivity contribution in [2.24, 2.45) is 0 Å². The van der Waals surface area contributed by atoms with E-state index in [0.29, 0.717) is 22.2 Å². The van der Waals surface area contributed by atoms with Crippen LogP contribution in [0.2, 0.25) is 0 Å². The van der Waals surface area contributed by atoms with Crippen molar-refractivity contribution in [3.8, 4) is 0 Å². The number of para-hydroxylation sites is 1. The van der Waals surface area contributed by atoms with Crippen molar-refractivity contribution in [2.45, 2.75) is 4.90 Å². The topological polar surface area (TPSA) is 89.3 Å². The van der Waals surface area contributed by atoms with Crippen LogP contribution in [0.5, 0.6) is 0 Å². The number of fused-ring (bicyclic) bond motifs is 2.